The maximum atomic E-state index is 11.9. The second-order valence-electron chi connectivity index (χ2n) is 5.99. The van der Waals surface area contributed by atoms with E-state index in [1.165, 1.54) is 0 Å². The van der Waals surface area contributed by atoms with Gasteiger partial charge in [-0.2, -0.15) is 0 Å². The van der Waals surface area contributed by atoms with Gasteiger partial charge >= 0.3 is 5.97 Å². The fraction of sp³-hybridized carbons (Fsp3) is 0.471. The van der Waals surface area contributed by atoms with Crippen LogP contribution in [0.25, 0.3) is 0 Å². The zero-order valence-electron chi connectivity index (χ0n) is 13.2. The van der Waals surface area contributed by atoms with Gasteiger partial charge in [0.25, 0.3) is 5.91 Å². The third kappa shape index (κ3) is 5.39. The Labute approximate surface area is 135 Å². The summed E-state index contributed by atoms with van der Waals surface area (Å²) in [6.45, 7) is 2.50. The van der Waals surface area contributed by atoms with Crippen LogP contribution in [0.1, 0.15) is 43.0 Å². The van der Waals surface area contributed by atoms with E-state index in [-0.39, 0.29) is 24.2 Å². The minimum absolute atomic E-state index is 0.0353. The number of nitrogens with one attached hydrogen (secondary N) is 2. The first-order valence-electron chi connectivity index (χ1n) is 7.88. The van der Waals surface area contributed by atoms with Gasteiger partial charge in [0, 0.05) is 30.1 Å². The Morgan fingerprint density at radius 1 is 1.17 bits per heavy atom. The monoisotopic (exact) mass is 318 g/mol. The summed E-state index contributed by atoms with van der Waals surface area (Å²) in [6, 6.07) is 6.76. The molecule has 3 N–H and O–H groups in total. The molecule has 1 aromatic carbocycles. The smallest absolute Gasteiger partial charge is 0.303 e. The summed E-state index contributed by atoms with van der Waals surface area (Å²) in [5, 5.41) is 14.1. The normalized spacial score (nSPS) is 19.0. The van der Waals surface area contributed by atoms with Crippen molar-refractivity contribution in [3.8, 4) is 0 Å². The Morgan fingerprint density at radius 3 is 2.39 bits per heavy atom. The number of aliphatic carboxylic acids is 1. The standard InChI is InChI=1S/C17H22N2O4/c1-11-10-14(11)17(23)19-13-7-5-12(6-8-13)16(22)18-9-3-2-4-15(20)21/h5-8,11,14H,2-4,9-10H2,1H3,(H,18,22)(H,19,23)(H,20,21). The van der Waals surface area contributed by atoms with Gasteiger partial charge in [-0.3, -0.25) is 14.4 Å². The third-order valence-electron chi connectivity index (χ3n) is 3.96. The molecule has 0 saturated heterocycles. The molecule has 6 nitrogen and oxygen atoms in total. The van der Waals surface area contributed by atoms with Crippen molar-refractivity contribution in [2.24, 2.45) is 11.8 Å². The highest BCUT2D eigenvalue weighted by atomic mass is 16.4. The van der Waals surface area contributed by atoms with Gasteiger partial charge in [0.1, 0.15) is 0 Å². The molecule has 0 bridgehead atoms. The number of anilines is 1. The number of rotatable bonds is 8. The van der Waals surface area contributed by atoms with Crippen molar-refractivity contribution >= 4 is 23.5 Å². The minimum atomic E-state index is -0.824. The summed E-state index contributed by atoms with van der Waals surface area (Å²) < 4.78 is 0. The first kappa shape index (κ1) is 17.0. The fourth-order valence-corrected chi connectivity index (χ4v) is 2.33. The van der Waals surface area contributed by atoms with Crippen molar-refractivity contribution in [1.29, 1.82) is 0 Å². The van der Waals surface area contributed by atoms with Gasteiger partial charge in [0.05, 0.1) is 0 Å². The first-order chi connectivity index (χ1) is 11.0. The lowest BCUT2D eigenvalue weighted by molar-refractivity contribution is -0.137. The number of hydrogen-bond acceptors (Lipinski definition) is 3. The molecule has 1 aliphatic carbocycles. The van der Waals surface area contributed by atoms with Gasteiger partial charge in [-0.1, -0.05) is 6.92 Å². The minimum Gasteiger partial charge on any atom is -0.481 e. The lowest BCUT2D eigenvalue weighted by Gasteiger charge is -2.07. The van der Waals surface area contributed by atoms with Gasteiger partial charge in [-0.15, -0.1) is 0 Å². The van der Waals surface area contributed by atoms with E-state index < -0.39 is 5.97 Å². The average molecular weight is 318 g/mol. The lowest BCUT2D eigenvalue weighted by Crippen LogP contribution is -2.24. The highest BCUT2D eigenvalue weighted by Crippen LogP contribution is 2.38. The molecular weight excluding hydrogens is 296 g/mol. The van der Waals surface area contributed by atoms with Crippen LogP contribution in [0.4, 0.5) is 5.69 Å². The number of carboxylic acid groups (broad SMARTS) is 1. The van der Waals surface area contributed by atoms with E-state index in [1.807, 2.05) is 6.92 Å². The van der Waals surface area contributed by atoms with Gasteiger partial charge in [0.2, 0.25) is 5.91 Å². The van der Waals surface area contributed by atoms with E-state index >= 15 is 0 Å². The summed E-state index contributed by atoms with van der Waals surface area (Å²) >= 11 is 0. The molecule has 2 rings (SSSR count). The molecule has 0 heterocycles. The number of benzene rings is 1. The van der Waals surface area contributed by atoms with Crippen molar-refractivity contribution in [2.75, 3.05) is 11.9 Å². The molecule has 0 aliphatic heterocycles. The number of carbonyl (C=O) groups is 3. The lowest BCUT2D eigenvalue weighted by atomic mass is 10.2. The third-order valence-corrected chi connectivity index (χ3v) is 3.96. The Kier molecular flexibility index (Phi) is 5.73. The Morgan fingerprint density at radius 2 is 1.83 bits per heavy atom. The zero-order chi connectivity index (χ0) is 16.8. The molecule has 1 fully saturated rings. The zero-order valence-corrected chi connectivity index (χ0v) is 13.2. The predicted molar refractivity (Wildman–Crippen MR) is 86.2 cm³/mol. The van der Waals surface area contributed by atoms with Crippen LogP contribution in [0.2, 0.25) is 0 Å². The molecule has 0 radical (unpaired) electrons. The van der Waals surface area contributed by atoms with Crippen LogP contribution in [-0.4, -0.2) is 29.4 Å². The van der Waals surface area contributed by atoms with Gasteiger partial charge < -0.3 is 15.7 Å². The van der Waals surface area contributed by atoms with E-state index in [0.717, 1.165) is 6.42 Å². The molecule has 1 aliphatic rings. The van der Waals surface area contributed by atoms with Crippen molar-refractivity contribution < 1.29 is 19.5 Å². The van der Waals surface area contributed by atoms with E-state index in [4.69, 9.17) is 5.11 Å². The van der Waals surface area contributed by atoms with Crippen LogP contribution in [-0.2, 0) is 9.59 Å². The number of hydrogen-bond donors (Lipinski definition) is 3. The van der Waals surface area contributed by atoms with Crippen LogP contribution in [0.5, 0.6) is 0 Å². The van der Waals surface area contributed by atoms with E-state index in [1.54, 1.807) is 24.3 Å². The molecule has 0 aromatic heterocycles. The summed E-state index contributed by atoms with van der Waals surface area (Å²) in [6.07, 6.45) is 2.23. The molecule has 2 amide bonds. The molecule has 2 atom stereocenters. The highest BCUT2D eigenvalue weighted by Gasteiger charge is 2.38. The summed E-state index contributed by atoms with van der Waals surface area (Å²) in [5.74, 6) is -0.415. The second-order valence-corrected chi connectivity index (χ2v) is 5.99. The number of amides is 2. The molecule has 2 unspecified atom stereocenters. The van der Waals surface area contributed by atoms with Crippen molar-refractivity contribution in [3.05, 3.63) is 29.8 Å². The Balaban J connectivity index is 1.74. The molecule has 124 valence electrons. The second kappa shape index (κ2) is 7.76. The molecule has 1 aromatic rings. The van der Waals surface area contributed by atoms with Crippen LogP contribution in [0.3, 0.4) is 0 Å². The summed E-state index contributed by atoms with van der Waals surface area (Å²) in [7, 11) is 0. The van der Waals surface area contributed by atoms with Crippen LogP contribution >= 0.6 is 0 Å². The van der Waals surface area contributed by atoms with Crippen molar-refractivity contribution in [2.45, 2.75) is 32.6 Å². The average Bonchev–Trinajstić information content (AvgIpc) is 3.24. The first-order valence-corrected chi connectivity index (χ1v) is 7.88. The summed E-state index contributed by atoms with van der Waals surface area (Å²) in [4.78, 5) is 34.1. The maximum Gasteiger partial charge on any atom is 0.303 e. The number of unbranched alkanes of at least 4 members (excludes halogenated alkanes) is 1. The topological polar surface area (TPSA) is 95.5 Å². The van der Waals surface area contributed by atoms with Gasteiger partial charge in [-0.05, 0) is 49.4 Å². The molecule has 1 saturated carbocycles. The SMILES string of the molecule is CC1CC1C(=O)Nc1ccc(C(=O)NCCCCC(=O)O)cc1. The van der Waals surface area contributed by atoms with Crippen LogP contribution < -0.4 is 10.6 Å². The Hall–Kier alpha value is -2.37. The van der Waals surface area contributed by atoms with Crippen LogP contribution in [0, 0.1) is 11.8 Å². The Bertz CT molecular complexity index is 583. The fourth-order valence-electron chi connectivity index (χ4n) is 2.33. The van der Waals surface area contributed by atoms with E-state index in [0.29, 0.717) is 36.6 Å². The van der Waals surface area contributed by atoms with Crippen molar-refractivity contribution in [1.82, 2.24) is 5.32 Å². The van der Waals surface area contributed by atoms with Gasteiger partial charge in [0.15, 0.2) is 0 Å². The molecule has 0 spiro atoms. The molecule has 6 heteroatoms. The quantitative estimate of drug-likeness (QED) is 0.641. The van der Waals surface area contributed by atoms with E-state index in [9.17, 15) is 14.4 Å². The largest absolute Gasteiger partial charge is 0.481 e. The van der Waals surface area contributed by atoms with Crippen molar-refractivity contribution in [3.63, 3.8) is 0 Å². The maximum absolute atomic E-state index is 11.9. The molecular formula is C17H22N2O4. The van der Waals surface area contributed by atoms with E-state index in [2.05, 4.69) is 10.6 Å². The number of carboxylic acids is 1. The van der Waals surface area contributed by atoms with Gasteiger partial charge in [-0.25, -0.2) is 0 Å². The predicted octanol–water partition coefficient (Wildman–Crippen LogP) is 2.27. The number of carbonyl (C=O) groups excluding carboxylic acids is 2. The highest BCUT2D eigenvalue weighted by molar-refractivity contribution is 5.96. The molecule has 23 heavy (non-hydrogen) atoms. The van der Waals surface area contributed by atoms with Crippen LogP contribution in [0.15, 0.2) is 24.3 Å². The summed E-state index contributed by atoms with van der Waals surface area (Å²) in [5.41, 5.74) is 1.20.